The van der Waals surface area contributed by atoms with Gasteiger partial charge in [-0.05, 0) is 36.8 Å². The number of nitro benzene ring substituents is 1. The Bertz CT molecular complexity index is 1270. The number of ether oxygens (including phenoxy) is 1. The fourth-order valence-corrected chi connectivity index (χ4v) is 3.53. The molecule has 2 amide bonds. The summed E-state index contributed by atoms with van der Waals surface area (Å²) in [6, 6.07) is 18.7. The van der Waals surface area contributed by atoms with E-state index in [0.717, 1.165) is 16.1 Å². The molecule has 0 aliphatic carbocycles. The van der Waals surface area contributed by atoms with Crippen molar-refractivity contribution in [2.45, 2.75) is 13.5 Å². The van der Waals surface area contributed by atoms with Gasteiger partial charge in [-0.25, -0.2) is 5.01 Å². The van der Waals surface area contributed by atoms with E-state index in [4.69, 9.17) is 16.3 Å². The lowest BCUT2D eigenvalue weighted by Crippen LogP contribution is -2.35. The number of nitrogens with zero attached hydrogens (tertiary/aromatic N) is 2. The predicted octanol–water partition coefficient (Wildman–Crippen LogP) is 4.60. The highest BCUT2D eigenvalue weighted by Crippen LogP contribution is 2.37. The number of benzene rings is 3. The number of amides is 2. The quantitative estimate of drug-likeness (QED) is 0.249. The molecule has 0 spiro atoms. The van der Waals surface area contributed by atoms with Gasteiger partial charge in [0.2, 0.25) is 5.75 Å². The molecule has 0 atom stereocenters. The van der Waals surface area contributed by atoms with E-state index in [1.807, 2.05) is 31.2 Å². The first kappa shape index (κ1) is 22.0. The van der Waals surface area contributed by atoms with Crippen molar-refractivity contribution < 1.29 is 19.2 Å². The molecule has 4 rings (SSSR count). The van der Waals surface area contributed by atoms with Crippen LogP contribution in [0.15, 0.2) is 72.3 Å². The maximum atomic E-state index is 12.9. The van der Waals surface area contributed by atoms with Crippen molar-refractivity contribution >= 4 is 40.9 Å². The summed E-state index contributed by atoms with van der Waals surface area (Å²) in [5, 5.41) is 12.9. The predicted molar refractivity (Wildman–Crippen MR) is 124 cm³/mol. The third-order valence-corrected chi connectivity index (χ3v) is 5.19. The van der Waals surface area contributed by atoms with Crippen LogP contribution in [0.25, 0.3) is 6.08 Å². The van der Waals surface area contributed by atoms with Gasteiger partial charge in [0.25, 0.3) is 11.8 Å². The number of anilines is 1. The number of hydrogen-bond acceptors (Lipinski definition) is 5. The molecule has 166 valence electrons. The molecule has 33 heavy (non-hydrogen) atoms. The number of hydrogen-bond donors (Lipinski definition) is 1. The topological polar surface area (TPSA) is 102 Å². The highest BCUT2D eigenvalue weighted by molar-refractivity contribution is 6.32. The second-order valence-electron chi connectivity index (χ2n) is 7.35. The van der Waals surface area contributed by atoms with Crippen molar-refractivity contribution in [2.75, 3.05) is 5.01 Å². The molecule has 0 aromatic heterocycles. The van der Waals surface area contributed by atoms with Crippen LogP contribution in [0.3, 0.4) is 0 Å². The molecule has 1 aliphatic rings. The Morgan fingerprint density at radius 1 is 1.09 bits per heavy atom. The first-order valence-corrected chi connectivity index (χ1v) is 10.3. The smallest absolute Gasteiger partial charge is 0.313 e. The van der Waals surface area contributed by atoms with Crippen molar-refractivity contribution in [1.82, 2.24) is 5.43 Å². The average Bonchev–Trinajstić information content (AvgIpc) is 3.08. The zero-order chi connectivity index (χ0) is 23.5. The molecule has 1 saturated heterocycles. The van der Waals surface area contributed by atoms with E-state index in [1.54, 1.807) is 30.3 Å². The minimum atomic E-state index is -0.643. The third-order valence-electron chi connectivity index (χ3n) is 4.97. The molecule has 1 heterocycles. The molecule has 1 N–H and O–H groups in total. The summed E-state index contributed by atoms with van der Waals surface area (Å²) >= 11 is 6.10. The Morgan fingerprint density at radius 3 is 2.45 bits per heavy atom. The third kappa shape index (κ3) is 4.70. The molecular formula is C24H18ClN3O5. The normalized spacial score (nSPS) is 14.5. The van der Waals surface area contributed by atoms with Crippen LogP contribution in [0.5, 0.6) is 5.75 Å². The number of nitro groups is 1. The monoisotopic (exact) mass is 463 g/mol. The minimum absolute atomic E-state index is 0.0508. The van der Waals surface area contributed by atoms with Crippen LogP contribution in [0.1, 0.15) is 16.7 Å². The fourth-order valence-electron chi connectivity index (χ4n) is 3.31. The molecule has 0 unspecified atom stereocenters. The Kier molecular flexibility index (Phi) is 6.10. The van der Waals surface area contributed by atoms with Gasteiger partial charge in [-0.1, -0.05) is 59.6 Å². The number of nitrogens with one attached hydrogen (secondary N) is 1. The van der Waals surface area contributed by atoms with Crippen molar-refractivity contribution in [1.29, 1.82) is 0 Å². The summed E-state index contributed by atoms with van der Waals surface area (Å²) in [4.78, 5) is 36.5. The fraction of sp³-hybridized carbons (Fsp3) is 0.0833. The summed E-state index contributed by atoms with van der Waals surface area (Å²) in [5.41, 5.74) is 4.42. The number of rotatable bonds is 6. The maximum absolute atomic E-state index is 12.9. The zero-order valence-electron chi connectivity index (χ0n) is 17.4. The SMILES string of the molecule is Cc1ccc(COc2c(/C=C3/C(=O)NN(c4ccccc4)C3=O)cc(Cl)cc2[N+](=O)[O-])cc1. The van der Waals surface area contributed by atoms with E-state index in [-0.39, 0.29) is 34.2 Å². The van der Waals surface area contributed by atoms with Crippen LogP contribution in [-0.4, -0.2) is 16.7 Å². The lowest BCUT2D eigenvalue weighted by Gasteiger charge is -2.14. The van der Waals surface area contributed by atoms with Crippen LogP contribution >= 0.6 is 11.6 Å². The van der Waals surface area contributed by atoms with Gasteiger partial charge in [0.15, 0.2) is 0 Å². The maximum Gasteiger partial charge on any atom is 0.313 e. The lowest BCUT2D eigenvalue weighted by atomic mass is 10.1. The standard InChI is InChI=1S/C24H18ClN3O5/c1-15-7-9-16(10-8-15)14-33-22-17(11-18(25)13-21(22)28(31)32)12-20-23(29)26-27(24(20)30)19-5-3-2-4-6-19/h2-13H,14H2,1H3,(H,26,29)/b20-12-. The van der Waals surface area contributed by atoms with Crippen molar-refractivity contribution in [3.8, 4) is 5.75 Å². The van der Waals surface area contributed by atoms with Gasteiger partial charge in [0, 0.05) is 16.7 Å². The van der Waals surface area contributed by atoms with Crippen LogP contribution in [-0.2, 0) is 16.2 Å². The molecule has 9 heteroatoms. The van der Waals surface area contributed by atoms with Gasteiger partial charge in [-0.2, -0.15) is 0 Å². The van der Waals surface area contributed by atoms with E-state index in [1.165, 1.54) is 18.2 Å². The summed E-state index contributed by atoms with van der Waals surface area (Å²) < 4.78 is 5.80. The Balaban J connectivity index is 1.72. The molecule has 3 aromatic rings. The van der Waals surface area contributed by atoms with Gasteiger partial charge in [0.05, 0.1) is 10.6 Å². The van der Waals surface area contributed by atoms with Crippen molar-refractivity contribution in [3.63, 3.8) is 0 Å². The number of carbonyl (C=O) groups is 2. The Morgan fingerprint density at radius 2 is 1.79 bits per heavy atom. The van der Waals surface area contributed by atoms with E-state index in [0.29, 0.717) is 5.69 Å². The molecule has 1 fully saturated rings. The molecule has 8 nitrogen and oxygen atoms in total. The van der Waals surface area contributed by atoms with E-state index in [9.17, 15) is 19.7 Å². The molecule has 0 bridgehead atoms. The molecule has 1 aliphatic heterocycles. The second kappa shape index (κ2) is 9.13. The Hall–Kier alpha value is -4.17. The van der Waals surface area contributed by atoms with E-state index in [2.05, 4.69) is 5.43 Å². The van der Waals surface area contributed by atoms with Gasteiger partial charge in [0.1, 0.15) is 12.2 Å². The molecule has 0 saturated carbocycles. The number of carbonyl (C=O) groups excluding carboxylic acids is 2. The van der Waals surface area contributed by atoms with Crippen molar-refractivity contribution in [3.05, 3.63) is 104 Å². The summed E-state index contributed by atoms with van der Waals surface area (Å²) in [6.07, 6.45) is 1.25. The summed E-state index contributed by atoms with van der Waals surface area (Å²) in [5.74, 6) is -1.33. The highest BCUT2D eigenvalue weighted by Gasteiger charge is 2.35. The van der Waals surface area contributed by atoms with Gasteiger partial charge >= 0.3 is 5.69 Å². The highest BCUT2D eigenvalue weighted by atomic mass is 35.5. The molecule has 0 radical (unpaired) electrons. The zero-order valence-corrected chi connectivity index (χ0v) is 18.2. The molecular weight excluding hydrogens is 446 g/mol. The van der Waals surface area contributed by atoms with Crippen LogP contribution < -0.4 is 15.2 Å². The van der Waals surface area contributed by atoms with E-state index < -0.39 is 16.7 Å². The van der Waals surface area contributed by atoms with E-state index >= 15 is 0 Å². The summed E-state index contributed by atoms with van der Waals surface area (Å²) in [6.45, 7) is 2.00. The van der Waals surface area contributed by atoms with Gasteiger partial charge in [-0.15, -0.1) is 0 Å². The summed E-state index contributed by atoms with van der Waals surface area (Å²) in [7, 11) is 0. The van der Waals surface area contributed by atoms with Crippen LogP contribution in [0, 0.1) is 17.0 Å². The van der Waals surface area contributed by atoms with Crippen LogP contribution in [0.2, 0.25) is 5.02 Å². The molecule has 3 aromatic carbocycles. The number of para-hydroxylation sites is 1. The number of halogens is 1. The minimum Gasteiger partial charge on any atom is -0.482 e. The van der Waals surface area contributed by atoms with Gasteiger partial charge in [-0.3, -0.25) is 25.1 Å². The average molecular weight is 464 g/mol. The van der Waals surface area contributed by atoms with Crippen LogP contribution in [0.4, 0.5) is 11.4 Å². The second-order valence-corrected chi connectivity index (χ2v) is 7.79. The number of hydrazine groups is 1. The first-order valence-electron chi connectivity index (χ1n) is 9.92. The van der Waals surface area contributed by atoms with Crippen molar-refractivity contribution in [2.24, 2.45) is 0 Å². The first-order chi connectivity index (χ1) is 15.8. The number of aryl methyl sites for hydroxylation is 1. The lowest BCUT2D eigenvalue weighted by molar-refractivity contribution is -0.385. The largest absolute Gasteiger partial charge is 0.482 e. The Labute approximate surface area is 194 Å². The van der Waals surface area contributed by atoms with Gasteiger partial charge < -0.3 is 4.74 Å².